The van der Waals surface area contributed by atoms with Gasteiger partial charge in [0.2, 0.25) is 0 Å². The van der Waals surface area contributed by atoms with Crippen LogP contribution in [0.4, 0.5) is 0 Å². The maximum absolute atomic E-state index is 1.50. The van der Waals surface area contributed by atoms with E-state index in [4.69, 9.17) is 0 Å². The zero-order valence-corrected chi connectivity index (χ0v) is 102. The van der Waals surface area contributed by atoms with Gasteiger partial charge in [-0.25, -0.2) is 0 Å². The molecule has 36 rings (SSSR count). The van der Waals surface area contributed by atoms with Gasteiger partial charge in [-0.2, -0.15) is 0 Å². The van der Waals surface area contributed by atoms with Crippen molar-refractivity contribution in [3.05, 3.63) is 0 Å². The first-order chi connectivity index (χ1) is 72.0. The average Bonchev–Trinajstić information content (AvgIpc) is 3.30. The van der Waals surface area contributed by atoms with E-state index in [0.29, 0.717) is 0 Å². The van der Waals surface area contributed by atoms with E-state index in [9.17, 15) is 0 Å². The van der Waals surface area contributed by atoms with E-state index in [1.807, 2.05) is 0 Å². The van der Waals surface area contributed by atoms with E-state index in [0.717, 1.165) is 0 Å². The Balaban J connectivity index is 0.000000741. The summed E-state index contributed by atoms with van der Waals surface area (Å²) in [6, 6.07) is 0. The topological polar surface area (TPSA) is 0 Å². The Kier molecular flexibility index (Phi) is 137. The normalized spacial score (nSPS) is 24.0. The quantitative estimate of drug-likeness (QED) is 0.227. The molecule has 36 saturated carbocycles. The van der Waals surface area contributed by atoms with Crippen LogP contribution in [0.3, 0.4) is 0 Å². The fourth-order valence-corrected chi connectivity index (χ4v) is 9.00. The number of rotatable bonds is 0. The van der Waals surface area contributed by atoms with Crippen LogP contribution >= 0.6 is 0 Å². The third-order valence-electron chi connectivity index (χ3n) is 36.0. The van der Waals surface area contributed by atoms with Crippen molar-refractivity contribution in [1.29, 1.82) is 0 Å². The summed E-state index contributed by atoms with van der Waals surface area (Å²) in [5, 5.41) is 0. The van der Waals surface area contributed by atoms with Crippen LogP contribution in [-0.2, 0) is 0 Å². The zero-order valence-electron chi connectivity index (χ0n) is 102. The fraction of sp³-hybridized carbons (Fsp3) is 1.00. The summed E-state index contributed by atoms with van der Waals surface area (Å²) < 4.78 is 0. The minimum atomic E-state index is 1.50. The van der Waals surface area contributed by atoms with Crippen LogP contribution in [0.2, 0.25) is 0 Å². The van der Waals surface area contributed by atoms with Gasteiger partial charge < -0.3 is 0 Å². The molecule has 0 heteroatoms. The maximum Gasteiger partial charge on any atom is -0.0533 e. The predicted molar refractivity (Wildman–Crippen MR) is 665 cm³/mol. The highest BCUT2D eigenvalue weighted by molar-refractivity contribution is 4.64. The van der Waals surface area contributed by atoms with Gasteiger partial charge in [-0.15, -0.1) is 0 Å². The molecule has 0 aromatic heterocycles. The highest BCUT2D eigenvalue weighted by Gasteiger charge is 2.09. The Morgan fingerprint density at radius 2 is 0.0208 bits per heavy atom. The molecule has 0 amide bonds. The highest BCUT2D eigenvalue weighted by atomic mass is 14.2. The molecule has 36 aliphatic rings. The Labute approximate surface area is 918 Å². The van der Waals surface area contributed by atoms with Crippen molar-refractivity contribution in [2.75, 3.05) is 0 Å². The summed E-state index contributed by atoms with van der Waals surface area (Å²) in [7, 11) is 0. The third kappa shape index (κ3) is 136. The van der Waals surface area contributed by atoms with Crippen molar-refractivity contribution in [2.24, 2.45) is 0 Å². The fourth-order valence-electron chi connectivity index (χ4n) is 9.00. The molecule has 144 heavy (non-hydrogen) atoms. The molecule has 864 valence electrons. The molecule has 0 unspecified atom stereocenters. The van der Waals surface area contributed by atoms with E-state index in [1.165, 1.54) is 925 Å². The molecule has 0 aromatic rings. The first kappa shape index (κ1) is 142. The van der Waals surface area contributed by atoms with E-state index in [-0.39, 0.29) is 0 Å². The molecule has 0 aromatic carbocycles. The smallest absolute Gasteiger partial charge is 0.0533 e. The zero-order chi connectivity index (χ0) is 102. The van der Waals surface area contributed by atoms with Crippen molar-refractivity contribution in [3.8, 4) is 0 Å². The molecule has 0 atom stereocenters. The van der Waals surface area contributed by atoms with Gasteiger partial charge in [0.05, 0.1) is 0 Å². The minimum Gasteiger partial charge on any atom is -0.0533 e. The standard InChI is InChI=1S/36C4H8/c36*1-2-4-3-1/h36*1-4H2. The lowest BCUT2D eigenvalue weighted by Gasteiger charge is -2.05. The average molecular weight is 2020 g/mol. The van der Waals surface area contributed by atoms with Crippen LogP contribution in [0.15, 0.2) is 0 Å². The Hall–Kier alpha value is 0. The summed E-state index contributed by atoms with van der Waals surface area (Å²) in [6.45, 7) is 0. The second-order valence-electron chi connectivity index (χ2n) is 50.9. The van der Waals surface area contributed by atoms with Gasteiger partial charge >= 0.3 is 0 Å². The Morgan fingerprint density at radius 3 is 0.0208 bits per heavy atom. The maximum atomic E-state index is 1.50. The van der Waals surface area contributed by atoms with Crippen molar-refractivity contribution in [3.63, 3.8) is 0 Å². The van der Waals surface area contributed by atoms with Crippen molar-refractivity contribution >= 4 is 0 Å². The summed E-state index contributed by atoms with van der Waals surface area (Å²) in [4.78, 5) is 0. The number of hydrogen-bond donors (Lipinski definition) is 0. The highest BCUT2D eigenvalue weighted by Crippen LogP contribution is 2.29. The molecule has 0 spiro atoms. The van der Waals surface area contributed by atoms with Crippen LogP contribution in [-0.4, -0.2) is 0 Å². The Bertz CT molecular complexity index is 1030. The van der Waals surface area contributed by atoms with Crippen LogP contribution in [0, 0.1) is 0 Å². The lowest BCUT2D eigenvalue weighted by molar-refractivity contribution is 0.504. The second kappa shape index (κ2) is 139. The monoisotopic (exact) mass is 2020 g/mol. The van der Waals surface area contributed by atoms with Gasteiger partial charge in [0.1, 0.15) is 0 Å². The largest absolute Gasteiger partial charge is 0.0533 e. The molecule has 0 radical (unpaired) electrons. The van der Waals surface area contributed by atoms with Crippen LogP contribution < -0.4 is 0 Å². The van der Waals surface area contributed by atoms with E-state index >= 15 is 0 Å². The van der Waals surface area contributed by atoms with Gasteiger partial charge in [0.25, 0.3) is 0 Å². The van der Waals surface area contributed by atoms with E-state index in [1.54, 1.807) is 0 Å². The van der Waals surface area contributed by atoms with Crippen LogP contribution in [0.1, 0.15) is 925 Å². The van der Waals surface area contributed by atoms with Crippen molar-refractivity contribution in [1.82, 2.24) is 0 Å². The molecule has 0 saturated heterocycles. The third-order valence-corrected chi connectivity index (χ3v) is 36.0. The van der Waals surface area contributed by atoms with Gasteiger partial charge in [-0.3, -0.25) is 0 Å². The second-order valence-corrected chi connectivity index (χ2v) is 50.9. The van der Waals surface area contributed by atoms with Crippen LogP contribution in [0.25, 0.3) is 0 Å². The van der Waals surface area contributed by atoms with E-state index in [2.05, 4.69) is 0 Å². The lowest BCUT2D eigenvalue weighted by Crippen LogP contribution is -1.85. The van der Waals surface area contributed by atoms with Gasteiger partial charge in [0, 0.05) is 0 Å². The first-order valence-corrected chi connectivity index (χ1v) is 72.0. The SMILES string of the molecule is C1CCC1.C1CCC1.C1CCC1.C1CCC1.C1CCC1.C1CCC1.C1CCC1.C1CCC1.C1CCC1.C1CCC1.C1CCC1.C1CCC1.C1CCC1.C1CCC1.C1CCC1.C1CCC1.C1CCC1.C1CCC1.C1CCC1.C1CCC1.C1CCC1.C1CCC1.C1CCC1.C1CCC1.C1CCC1.C1CCC1.C1CCC1.C1CCC1.C1CCC1.C1CCC1.C1CCC1.C1CCC1.C1CCC1.C1CCC1.C1CCC1.C1CCC1. The van der Waals surface area contributed by atoms with Crippen molar-refractivity contribution < 1.29 is 0 Å². The van der Waals surface area contributed by atoms with Gasteiger partial charge in [0.15, 0.2) is 0 Å². The Morgan fingerprint density at radius 1 is 0.0139 bits per heavy atom. The summed E-state index contributed by atoms with van der Waals surface area (Å²) in [5.74, 6) is 0. The molecule has 0 nitrogen and oxygen atoms in total. The molecular weight excluding hydrogens is 1730 g/mol. The van der Waals surface area contributed by atoms with Crippen LogP contribution in [0.5, 0.6) is 0 Å². The molecule has 0 aliphatic heterocycles. The number of hydrogen-bond acceptors (Lipinski definition) is 0. The molecule has 36 aliphatic carbocycles. The molecule has 36 fully saturated rings. The summed E-state index contributed by atoms with van der Waals surface area (Å²) in [6.07, 6.45) is 216. The first-order valence-electron chi connectivity index (χ1n) is 72.0. The molecule has 0 bridgehead atoms. The molecular formula is C144H288. The summed E-state index contributed by atoms with van der Waals surface area (Å²) >= 11 is 0. The molecule has 0 heterocycles. The predicted octanol–water partition coefficient (Wildman–Crippen LogP) is 56.2. The van der Waals surface area contributed by atoms with Gasteiger partial charge in [-0.1, -0.05) is 925 Å². The van der Waals surface area contributed by atoms with Crippen molar-refractivity contribution in [2.45, 2.75) is 925 Å². The van der Waals surface area contributed by atoms with Gasteiger partial charge in [-0.05, 0) is 0 Å². The van der Waals surface area contributed by atoms with E-state index < -0.39 is 0 Å². The lowest BCUT2D eigenvalue weighted by atomic mass is 10.0. The minimum absolute atomic E-state index is 1.50. The summed E-state index contributed by atoms with van der Waals surface area (Å²) in [5.41, 5.74) is 0. The molecule has 0 N–H and O–H groups in total.